The molecule has 35 heavy (non-hydrogen) atoms. The molecule has 2 aliphatic rings. The summed E-state index contributed by atoms with van der Waals surface area (Å²) in [4.78, 5) is 27.8. The van der Waals surface area contributed by atoms with E-state index in [1.165, 1.54) is 18.3 Å². The van der Waals surface area contributed by atoms with Crippen LogP contribution in [0.2, 0.25) is 0 Å². The van der Waals surface area contributed by atoms with Crippen LogP contribution in [-0.4, -0.2) is 48.0 Å². The van der Waals surface area contributed by atoms with Crippen molar-refractivity contribution in [2.24, 2.45) is 5.92 Å². The third kappa shape index (κ3) is 4.12. The van der Waals surface area contributed by atoms with Crippen molar-refractivity contribution in [1.82, 2.24) is 29.5 Å². The zero-order chi connectivity index (χ0) is 23.9. The molecule has 0 radical (unpaired) electrons. The molecule has 12 heteroatoms. The number of aromatic amines is 1. The molecule has 1 amide bonds. The van der Waals surface area contributed by atoms with Crippen LogP contribution in [0.25, 0.3) is 5.65 Å². The SMILES string of the molecule is N#C[C@H]1C[C@@H](C(=O)Nc2ccc(F)nc2)N(c2nc(Nc3cc(C4CC4)[nH]n3)n3cccc3n2)C1. The van der Waals surface area contributed by atoms with Gasteiger partial charge >= 0.3 is 0 Å². The number of halogens is 1. The Kier molecular flexibility index (Phi) is 5.02. The molecule has 11 nitrogen and oxygen atoms in total. The Morgan fingerprint density at radius 2 is 2.14 bits per heavy atom. The normalized spacial score (nSPS) is 19.6. The highest BCUT2D eigenvalue weighted by Crippen LogP contribution is 2.39. The highest BCUT2D eigenvalue weighted by molar-refractivity contribution is 5.97. The predicted molar refractivity (Wildman–Crippen MR) is 125 cm³/mol. The Morgan fingerprint density at radius 3 is 2.91 bits per heavy atom. The lowest BCUT2D eigenvalue weighted by molar-refractivity contribution is -0.117. The number of rotatable bonds is 6. The van der Waals surface area contributed by atoms with Crippen LogP contribution in [0.4, 0.5) is 27.8 Å². The minimum atomic E-state index is -0.679. The van der Waals surface area contributed by atoms with Crippen molar-refractivity contribution >= 4 is 35.0 Å². The fourth-order valence-electron chi connectivity index (χ4n) is 4.33. The second-order valence-electron chi connectivity index (χ2n) is 8.78. The molecule has 0 spiro atoms. The van der Waals surface area contributed by atoms with Crippen LogP contribution in [0, 0.1) is 23.2 Å². The van der Waals surface area contributed by atoms with E-state index in [-0.39, 0.29) is 11.8 Å². The zero-order valence-corrected chi connectivity index (χ0v) is 18.5. The molecular weight excluding hydrogens is 451 g/mol. The number of aromatic nitrogens is 6. The fraction of sp³-hybridized carbons (Fsp3) is 0.304. The maximum Gasteiger partial charge on any atom is 0.247 e. The summed E-state index contributed by atoms with van der Waals surface area (Å²) >= 11 is 0. The molecule has 0 unspecified atom stereocenters. The molecule has 176 valence electrons. The first-order valence-electron chi connectivity index (χ1n) is 11.3. The molecule has 1 aliphatic carbocycles. The van der Waals surface area contributed by atoms with E-state index >= 15 is 0 Å². The van der Waals surface area contributed by atoms with Gasteiger partial charge in [-0.05, 0) is 43.5 Å². The Morgan fingerprint density at radius 1 is 1.26 bits per heavy atom. The Hall–Kier alpha value is -4.53. The molecule has 5 heterocycles. The van der Waals surface area contributed by atoms with Gasteiger partial charge in [-0.15, -0.1) is 0 Å². The highest BCUT2D eigenvalue weighted by atomic mass is 19.1. The van der Waals surface area contributed by atoms with Gasteiger partial charge in [0.25, 0.3) is 0 Å². The molecule has 0 bridgehead atoms. The largest absolute Gasteiger partial charge is 0.327 e. The molecule has 0 aromatic carbocycles. The molecule has 6 rings (SSSR count). The summed E-state index contributed by atoms with van der Waals surface area (Å²) in [6.45, 7) is 0.306. The van der Waals surface area contributed by atoms with E-state index in [1.807, 2.05) is 24.4 Å². The number of carbonyl (C=O) groups excluding carboxylic acids is 1. The minimum absolute atomic E-state index is 0.306. The van der Waals surface area contributed by atoms with Crippen molar-refractivity contribution in [2.45, 2.75) is 31.2 Å². The monoisotopic (exact) mass is 472 g/mol. The van der Waals surface area contributed by atoms with Gasteiger partial charge < -0.3 is 15.5 Å². The summed E-state index contributed by atoms with van der Waals surface area (Å²) in [6, 6.07) is 9.85. The number of nitrogens with one attached hydrogen (secondary N) is 3. The molecule has 2 atom stereocenters. The van der Waals surface area contributed by atoms with E-state index < -0.39 is 12.0 Å². The van der Waals surface area contributed by atoms with E-state index in [4.69, 9.17) is 4.98 Å². The quantitative estimate of drug-likeness (QED) is 0.364. The van der Waals surface area contributed by atoms with E-state index in [9.17, 15) is 14.4 Å². The van der Waals surface area contributed by atoms with Gasteiger partial charge in [0.2, 0.25) is 23.8 Å². The second-order valence-corrected chi connectivity index (χ2v) is 8.78. The Balaban J connectivity index is 1.31. The third-order valence-corrected chi connectivity index (χ3v) is 6.27. The van der Waals surface area contributed by atoms with E-state index in [0.717, 1.165) is 18.5 Å². The average Bonchev–Trinajstić information content (AvgIpc) is 3.24. The third-order valence-electron chi connectivity index (χ3n) is 6.27. The summed E-state index contributed by atoms with van der Waals surface area (Å²) < 4.78 is 14.9. The van der Waals surface area contributed by atoms with Gasteiger partial charge in [-0.25, -0.2) is 4.98 Å². The second kappa shape index (κ2) is 8.35. The number of pyridine rings is 1. The van der Waals surface area contributed by atoms with Gasteiger partial charge in [0.1, 0.15) is 11.7 Å². The summed E-state index contributed by atoms with van der Waals surface area (Å²) in [5.74, 6) is 0.649. The minimum Gasteiger partial charge on any atom is -0.327 e. The molecule has 1 saturated carbocycles. The van der Waals surface area contributed by atoms with Crippen LogP contribution >= 0.6 is 0 Å². The number of amides is 1. The Labute approximate surface area is 199 Å². The smallest absolute Gasteiger partial charge is 0.247 e. The average molecular weight is 472 g/mol. The van der Waals surface area contributed by atoms with Crippen LogP contribution in [0.5, 0.6) is 0 Å². The molecule has 2 fully saturated rings. The van der Waals surface area contributed by atoms with E-state index in [1.54, 1.807) is 9.30 Å². The van der Waals surface area contributed by atoms with Crippen molar-refractivity contribution in [2.75, 3.05) is 22.1 Å². The maximum atomic E-state index is 13.1. The van der Waals surface area contributed by atoms with Gasteiger partial charge in [-0.3, -0.25) is 14.3 Å². The van der Waals surface area contributed by atoms with Gasteiger partial charge in [0, 0.05) is 30.4 Å². The molecule has 4 aromatic rings. The van der Waals surface area contributed by atoms with Crippen LogP contribution < -0.4 is 15.5 Å². The van der Waals surface area contributed by atoms with Crippen molar-refractivity contribution in [3.8, 4) is 6.07 Å². The summed E-state index contributed by atoms with van der Waals surface area (Å²) in [6.07, 6.45) is 5.73. The standard InChI is InChI=1S/C23H21FN10O/c24-18-6-5-15(11-26-18)27-21(35)17-8-13(10-25)12-34(17)23-29-20-2-1-7-33(20)22(30-23)28-19-9-16(31-32-19)14-3-4-14/h1-2,5-7,9,11,13-14,17H,3-4,8,12H2,(H,27,35)(H2,28,29,30,31,32)/t13-,17+/m1/s1. The molecule has 1 saturated heterocycles. The highest BCUT2D eigenvalue weighted by Gasteiger charge is 2.39. The van der Waals surface area contributed by atoms with Crippen LogP contribution in [-0.2, 0) is 4.79 Å². The molecule has 1 aliphatic heterocycles. The number of anilines is 4. The summed E-state index contributed by atoms with van der Waals surface area (Å²) in [5.41, 5.74) is 2.10. The van der Waals surface area contributed by atoms with Crippen molar-refractivity contribution < 1.29 is 9.18 Å². The maximum absolute atomic E-state index is 13.1. The van der Waals surface area contributed by atoms with Crippen LogP contribution in [0.3, 0.4) is 0 Å². The van der Waals surface area contributed by atoms with E-state index in [2.05, 4.69) is 36.9 Å². The first-order chi connectivity index (χ1) is 17.1. The van der Waals surface area contributed by atoms with Gasteiger partial charge in [0.05, 0.1) is 23.9 Å². The first-order valence-corrected chi connectivity index (χ1v) is 11.3. The number of hydrogen-bond acceptors (Lipinski definition) is 8. The lowest BCUT2D eigenvalue weighted by Crippen LogP contribution is -2.40. The van der Waals surface area contributed by atoms with Gasteiger partial charge in [-0.1, -0.05) is 0 Å². The number of H-pyrrole nitrogens is 1. The number of carbonyl (C=O) groups is 1. The number of nitriles is 1. The Bertz CT molecular complexity index is 1430. The first kappa shape index (κ1) is 21.0. The van der Waals surface area contributed by atoms with Crippen molar-refractivity contribution in [3.63, 3.8) is 0 Å². The van der Waals surface area contributed by atoms with Crippen LogP contribution in [0.1, 0.15) is 30.9 Å². The number of nitrogens with zero attached hydrogens (tertiary/aromatic N) is 7. The lowest BCUT2D eigenvalue weighted by atomic mass is 10.1. The van der Waals surface area contributed by atoms with E-state index in [0.29, 0.717) is 47.9 Å². The lowest BCUT2D eigenvalue weighted by Gasteiger charge is -2.24. The molecular formula is C23H21FN10O. The molecule has 4 aromatic heterocycles. The topological polar surface area (TPSA) is 140 Å². The van der Waals surface area contributed by atoms with Gasteiger partial charge in [0.15, 0.2) is 5.82 Å². The number of fused-ring (bicyclic) bond motifs is 1. The molecule has 3 N–H and O–H groups in total. The van der Waals surface area contributed by atoms with Crippen molar-refractivity contribution in [1.29, 1.82) is 5.26 Å². The van der Waals surface area contributed by atoms with Gasteiger partial charge in [-0.2, -0.15) is 24.7 Å². The predicted octanol–water partition coefficient (Wildman–Crippen LogP) is 2.96. The fourth-order valence-corrected chi connectivity index (χ4v) is 4.33. The summed E-state index contributed by atoms with van der Waals surface area (Å²) in [7, 11) is 0. The summed E-state index contributed by atoms with van der Waals surface area (Å²) in [5, 5.41) is 23.0. The zero-order valence-electron chi connectivity index (χ0n) is 18.5. The number of hydrogen-bond donors (Lipinski definition) is 3. The van der Waals surface area contributed by atoms with Crippen molar-refractivity contribution in [3.05, 3.63) is 54.4 Å². The van der Waals surface area contributed by atoms with Crippen LogP contribution in [0.15, 0.2) is 42.7 Å².